The number of alkyl halides is 3. The monoisotopic (exact) mass is 634 g/mol. The number of likely N-dealkylation sites (N-methyl/N-ethyl adjacent to an activating group) is 1. The van der Waals surface area contributed by atoms with Crippen LogP contribution < -0.4 is 15.4 Å². The molecule has 14 heteroatoms. The Bertz CT molecular complexity index is 1590. The summed E-state index contributed by atoms with van der Waals surface area (Å²) in [5, 5.41) is 14.9. The molecule has 236 valence electrons. The minimum absolute atomic E-state index is 0.0164. The molecule has 0 radical (unpaired) electrons. The molecule has 3 atom stereocenters. The second kappa shape index (κ2) is 13.2. The molecule has 0 aliphatic carbocycles. The van der Waals surface area contributed by atoms with Crippen LogP contribution in [0.25, 0.3) is 0 Å². The molecule has 1 aliphatic rings. The number of nitrogens with one attached hydrogen (secondary N) is 2. The number of benzene rings is 3. The number of fused-ring (bicyclic) bond motifs is 1. The summed E-state index contributed by atoms with van der Waals surface area (Å²) >= 11 is 0. The third-order valence-corrected chi connectivity index (χ3v) is 9.14. The van der Waals surface area contributed by atoms with Gasteiger partial charge >= 0.3 is 12.2 Å². The zero-order valence-corrected chi connectivity index (χ0v) is 25.0. The highest BCUT2D eigenvalue weighted by Crippen LogP contribution is 2.35. The van der Waals surface area contributed by atoms with Gasteiger partial charge in [-0.05, 0) is 55.5 Å². The summed E-state index contributed by atoms with van der Waals surface area (Å²) in [5.74, 6) is -0.912. The number of aliphatic hydroxyl groups excluding tert-OH is 1. The lowest BCUT2D eigenvalue weighted by atomic mass is 9.99. The molecule has 4 rings (SSSR count). The van der Waals surface area contributed by atoms with Crippen molar-refractivity contribution in [3.05, 3.63) is 83.9 Å². The van der Waals surface area contributed by atoms with Gasteiger partial charge in [0.05, 0.1) is 40.9 Å². The molecule has 0 fully saturated rings. The van der Waals surface area contributed by atoms with Crippen molar-refractivity contribution < 1.29 is 41.0 Å². The number of hydrogen-bond donors (Lipinski definition) is 3. The van der Waals surface area contributed by atoms with E-state index >= 15 is 0 Å². The van der Waals surface area contributed by atoms with E-state index in [2.05, 4.69) is 10.6 Å². The Kier molecular flexibility index (Phi) is 9.86. The Labute approximate surface area is 253 Å². The van der Waals surface area contributed by atoms with Crippen LogP contribution >= 0.6 is 0 Å². The lowest BCUT2D eigenvalue weighted by molar-refractivity contribution is -0.137. The van der Waals surface area contributed by atoms with Crippen molar-refractivity contribution in [2.24, 2.45) is 5.92 Å². The molecule has 1 heterocycles. The summed E-state index contributed by atoms with van der Waals surface area (Å²) in [6.07, 6.45) is -5.34. The van der Waals surface area contributed by atoms with E-state index in [1.165, 1.54) is 42.3 Å². The predicted molar refractivity (Wildman–Crippen MR) is 158 cm³/mol. The third kappa shape index (κ3) is 7.31. The number of ether oxygens (including phenoxy) is 1. The topological polar surface area (TPSA) is 128 Å². The molecule has 1 aliphatic heterocycles. The molecule has 0 spiro atoms. The summed E-state index contributed by atoms with van der Waals surface area (Å²) < 4.78 is 72.8. The molecule has 0 aromatic heterocycles. The van der Waals surface area contributed by atoms with Gasteiger partial charge in [0.15, 0.2) is 5.75 Å². The second-order valence-corrected chi connectivity index (χ2v) is 12.6. The van der Waals surface area contributed by atoms with Crippen LogP contribution in [-0.2, 0) is 16.2 Å². The molecule has 3 N–H and O–H groups in total. The van der Waals surface area contributed by atoms with Crippen molar-refractivity contribution in [3.8, 4) is 5.75 Å². The number of urea groups is 1. The normalized spacial score (nSPS) is 18.1. The number of aliphatic hydroxyl groups is 1. The van der Waals surface area contributed by atoms with E-state index in [9.17, 15) is 36.3 Å². The van der Waals surface area contributed by atoms with Crippen molar-refractivity contribution in [3.63, 3.8) is 0 Å². The Morgan fingerprint density at radius 3 is 2.34 bits per heavy atom. The van der Waals surface area contributed by atoms with Crippen LogP contribution in [0.5, 0.6) is 5.75 Å². The summed E-state index contributed by atoms with van der Waals surface area (Å²) in [5.41, 5.74) is -0.637. The fourth-order valence-electron chi connectivity index (χ4n) is 4.71. The maximum Gasteiger partial charge on any atom is 0.416 e. The second-order valence-electron chi connectivity index (χ2n) is 10.6. The minimum atomic E-state index is -4.53. The van der Waals surface area contributed by atoms with E-state index in [1.807, 2.05) is 0 Å². The number of carbonyl (C=O) groups excluding carboxylic acids is 2. The predicted octanol–water partition coefficient (Wildman–Crippen LogP) is 4.89. The van der Waals surface area contributed by atoms with E-state index in [-0.39, 0.29) is 47.3 Å². The molecule has 10 nitrogen and oxygen atoms in total. The lowest BCUT2D eigenvalue weighted by Gasteiger charge is -2.38. The molecular formula is C30H33F3N4O6S. The van der Waals surface area contributed by atoms with Gasteiger partial charge in [-0.1, -0.05) is 31.2 Å². The van der Waals surface area contributed by atoms with Gasteiger partial charge < -0.3 is 25.4 Å². The van der Waals surface area contributed by atoms with Gasteiger partial charge in [-0.2, -0.15) is 17.5 Å². The molecule has 3 aromatic carbocycles. The highest BCUT2D eigenvalue weighted by Gasteiger charge is 2.36. The van der Waals surface area contributed by atoms with Gasteiger partial charge in [-0.3, -0.25) is 4.79 Å². The first kappa shape index (κ1) is 32.8. The smallest absolute Gasteiger partial charge is 0.416 e. The zero-order valence-electron chi connectivity index (χ0n) is 24.2. The van der Waals surface area contributed by atoms with Gasteiger partial charge in [0.2, 0.25) is 10.0 Å². The minimum Gasteiger partial charge on any atom is -0.486 e. The largest absolute Gasteiger partial charge is 0.486 e. The van der Waals surface area contributed by atoms with Crippen molar-refractivity contribution >= 4 is 33.3 Å². The number of para-hydroxylation sites is 1. The summed E-state index contributed by atoms with van der Waals surface area (Å²) in [7, 11) is -2.48. The highest BCUT2D eigenvalue weighted by molar-refractivity contribution is 7.89. The first-order valence-corrected chi connectivity index (χ1v) is 15.1. The SMILES string of the molecule is C[C@@H]1CN([C@@H](C)CO)C(=O)c2cccc(NC(=O)Nc3ccc(C(F)(F)F)cc3)c2O[C@@H]1CN(C)S(=O)(=O)c1ccccc1. The van der Waals surface area contributed by atoms with E-state index in [0.29, 0.717) is 0 Å². The Morgan fingerprint density at radius 1 is 1.07 bits per heavy atom. The van der Waals surface area contributed by atoms with Crippen LogP contribution in [0, 0.1) is 5.92 Å². The highest BCUT2D eigenvalue weighted by atomic mass is 32.2. The molecule has 0 unspecified atom stereocenters. The fraction of sp³-hybridized carbons (Fsp3) is 0.333. The van der Waals surface area contributed by atoms with Gasteiger partial charge in [0.1, 0.15) is 6.10 Å². The maximum atomic E-state index is 13.7. The standard InChI is InChI=1S/C30H33F3N4O6S/c1-19-16-37(20(2)18-38)28(39)24-10-7-11-25(35-29(40)34-22-14-12-21(13-15-22)30(31,32)33)27(24)43-26(19)17-36(3)44(41,42)23-8-5-4-6-9-23/h4-15,19-20,26,38H,16-18H2,1-3H3,(H2,34,35,40)/t19-,20+,26-/m1/s1. The van der Waals surface area contributed by atoms with Crippen LogP contribution in [0.2, 0.25) is 0 Å². The number of hydrogen-bond acceptors (Lipinski definition) is 6. The Morgan fingerprint density at radius 2 is 1.73 bits per heavy atom. The van der Waals surface area contributed by atoms with Crippen molar-refractivity contribution in [1.29, 1.82) is 0 Å². The molecule has 0 bridgehead atoms. The maximum absolute atomic E-state index is 13.7. The van der Waals surface area contributed by atoms with Crippen molar-refractivity contribution in [2.75, 3.05) is 37.4 Å². The van der Waals surface area contributed by atoms with Crippen LogP contribution in [-0.4, -0.2) is 73.6 Å². The first-order valence-electron chi connectivity index (χ1n) is 13.7. The quantitative estimate of drug-likeness (QED) is 0.324. The van der Waals surface area contributed by atoms with Crippen LogP contribution in [0.15, 0.2) is 77.7 Å². The van der Waals surface area contributed by atoms with Crippen molar-refractivity contribution in [1.82, 2.24) is 9.21 Å². The number of carbonyl (C=O) groups is 2. The third-order valence-electron chi connectivity index (χ3n) is 7.30. The van der Waals surface area contributed by atoms with E-state index in [0.717, 1.165) is 28.6 Å². The van der Waals surface area contributed by atoms with E-state index < -0.39 is 51.8 Å². The number of rotatable bonds is 8. The molecule has 44 heavy (non-hydrogen) atoms. The van der Waals surface area contributed by atoms with Gasteiger partial charge in [0, 0.05) is 25.2 Å². The Hall–Kier alpha value is -4.14. The number of sulfonamides is 1. The summed E-state index contributed by atoms with van der Waals surface area (Å²) in [4.78, 5) is 28.1. The summed E-state index contributed by atoms with van der Waals surface area (Å²) in [6, 6.07) is 14.8. The molecule has 3 amide bonds. The van der Waals surface area contributed by atoms with Crippen LogP contribution in [0.1, 0.15) is 29.8 Å². The molecular weight excluding hydrogens is 601 g/mol. The van der Waals surface area contributed by atoms with Gasteiger partial charge in [0.25, 0.3) is 5.91 Å². The molecule has 0 saturated heterocycles. The number of amides is 3. The molecule has 0 saturated carbocycles. The average Bonchev–Trinajstić information content (AvgIpc) is 2.99. The van der Waals surface area contributed by atoms with Crippen molar-refractivity contribution in [2.45, 2.75) is 37.1 Å². The molecule has 3 aromatic rings. The van der Waals surface area contributed by atoms with Gasteiger partial charge in [-0.15, -0.1) is 0 Å². The van der Waals surface area contributed by atoms with E-state index in [1.54, 1.807) is 32.0 Å². The zero-order chi connectivity index (χ0) is 32.2. The lowest BCUT2D eigenvalue weighted by Crippen LogP contribution is -2.50. The first-order chi connectivity index (χ1) is 20.7. The summed E-state index contributed by atoms with van der Waals surface area (Å²) in [6.45, 7) is 3.17. The number of halogens is 3. The van der Waals surface area contributed by atoms with E-state index in [4.69, 9.17) is 4.74 Å². The van der Waals surface area contributed by atoms with Crippen LogP contribution in [0.4, 0.5) is 29.3 Å². The number of nitrogens with zero attached hydrogens (tertiary/aromatic N) is 2. The Balaban J connectivity index is 1.65. The average molecular weight is 635 g/mol. The number of anilines is 2. The van der Waals surface area contributed by atoms with Crippen LogP contribution in [0.3, 0.4) is 0 Å². The van der Waals surface area contributed by atoms with Gasteiger partial charge in [-0.25, -0.2) is 13.2 Å². The fourth-order valence-corrected chi connectivity index (χ4v) is 5.91.